The fraction of sp³-hybridized carbons (Fsp3) is 0.417. The van der Waals surface area contributed by atoms with Crippen molar-refractivity contribution in [3.8, 4) is 5.75 Å². The maximum Gasteiger partial charge on any atom is 0.228 e. The normalized spacial score (nSPS) is 19.8. The van der Waals surface area contributed by atoms with Gasteiger partial charge in [0.15, 0.2) is 0 Å². The number of hydrogen-bond acceptors (Lipinski definition) is 3. The fourth-order valence-electron chi connectivity index (χ4n) is 2.01. The van der Waals surface area contributed by atoms with Crippen molar-refractivity contribution >= 4 is 11.6 Å². The molecule has 1 saturated heterocycles. The molecule has 0 radical (unpaired) electrons. The highest BCUT2D eigenvalue weighted by molar-refractivity contribution is 5.97. The van der Waals surface area contributed by atoms with E-state index in [1.165, 1.54) is 25.3 Å². The van der Waals surface area contributed by atoms with E-state index in [4.69, 9.17) is 4.74 Å². The van der Waals surface area contributed by atoms with Crippen LogP contribution < -0.4 is 15.0 Å². The first kappa shape index (κ1) is 11.9. The minimum absolute atomic E-state index is 0.0201. The second-order valence-corrected chi connectivity index (χ2v) is 4.01. The summed E-state index contributed by atoms with van der Waals surface area (Å²) in [6, 6.07) is 4.29. The quantitative estimate of drug-likeness (QED) is 0.859. The number of ether oxygens (including phenoxy) is 1. The van der Waals surface area contributed by atoms with Crippen LogP contribution >= 0.6 is 0 Å². The summed E-state index contributed by atoms with van der Waals surface area (Å²) < 4.78 is 18.4. The number of rotatable bonds is 3. The molecule has 1 atom stereocenters. The van der Waals surface area contributed by atoms with Gasteiger partial charge in [-0.05, 0) is 19.2 Å². The predicted molar refractivity (Wildman–Crippen MR) is 62.8 cm³/mol. The maximum atomic E-state index is 13.2. The smallest absolute Gasteiger partial charge is 0.228 e. The summed E-state index contributed by atoms with van der Waals surface area (Å²) in [5.74, 6) is 0.117. The van der Waals surface area contributed by atoms with Gasteiger partial charge in [0.05, 0.1) is 12.8 Å². The van der Waals surface area contributed by atoms with Gasteiger partial charge in [-0.15, -0.1) is 0 Å². The molecule has 17 heavy (non-hydrogen) atoms. The Bertz CT molecular complexity index is 437. The lowest BCUT2D eigenvalue weighted by molar-refractivity contribution is -0.117. The molecule has 1 unspecified atom stereocenters. The lowest BCUT2D eigenvalue weighted by Gasteiger charge is -2.19. The topological polar surface area (TPSA) is 41.6 Å². The molecule has 2 rings (SSSR count). The highest BCUT2D eigenvalue weighted by Crippen LogP contribution is 2.31. The first-order chi connectivity index (χ1) is 8.15. The molecule has 0 bridgehead atoms. The third-order valence-electron chi connectivity index (χ3n) is 2.96. The summed E-state index contributed by atoms with van der Waals surface area (Å²) in [7, 11) is 3.32. The lowest BCUT2D eigenvalue weighted by atomic mass is 10.2. The number of benzene rings is 1. The summed E-state index contributed by atoms with van der Waals surface area (Å²) >= 11 is 0. The molecule has 1 N–H and O–H groups in total. The van der Waals surface area contributed by atoms with Crippen molar-refractivity contribution in [2.45, 2.75) is 12.5 Å². The Morgan fingerprint density at radius 1 is 1.53 bits per heavy atom. The number of anilines is 1. The van der Waals surface area contributed by atoms with Gasteiger partial charge >= 0.3 is 0 Å². The molecule has 0 spiro atoms. The van der Waals surface area contributed by atoms with Gasteiger partial charge < -0.3 is 15.0 Å². The van der Waals surface area contributed by atoms with E-state index in [9.17, 15) is 9.18 Å². The van der Waals surface area contributed by atoms with E-state index in [0.29, 0.717) is 24.4 Å². The fourth-order valence-corrected chi connectivity index (χ4v) is 2.01. The van der Waals surface area contributed by atoms with Crippen LogP contribution in [-0.2, 0) is 4.79 Å². The Kier molecular flexibility index (Phi) is 3.28. The van der Waals surface area contributed by atoms with E-state index in [1.54, 1.807) is 4.90 Å². The van der Waals surface area contributed by atoms with Gasteiger partial charge in [-0.1, -0.05) is 0 Å². The zero-order chi connectivity index (χ0) is 12.4. The highest BCUT2D eigenvalue weighted by atomic mass is 19.1. The number of hydrogen-bond donors (Lipinski definition) is 1. The Labute approximate surface area is 99.4 Å². The standard InChI is InChI=1S/C12H15FN2O2/c1-14-9-6-12(16)15(7-9)10-5-8(13)3-4-11(10)17-2/h3-5,9,14H,6-7H2,1-2H3. The number of halogens is 1. The van der Waals surface area contributed by atoms with E-state index < -0.39 is 0 Å². The lowest BCUT2D eigenvalue weighted by Crippen LogP contribution is -2.30. The van der Waals surface area contributed by atoms with E-state index in [0.717, 1.165) is 0 Å². The molecule has 0 aliphatic carbocycles. The van der Waals surface area contributed by atoms with E-state index in [-0.39, 0.29) is 17.8 Å². The molecule has 0 saturated carbocycles. The van der Waals surface area contributed by atoms with Gasteiger partial charge in [0, 0.05) is 25.1 Å². The molecule has 1 fully saturated rings. The van der Waals surface area contributed by atoms with Crippen LogP contribution in [0.25, 0.3) is 0 Å². The molecule has 1 aliphatic rings. The molecule has 1 aromatic carbocycles. The van der Waals surface area contributed by atoms with Crippen molar-refractivity contribution in [1.82, 2.24) is 5.32 Å². The number of nitrogens with zero attached hydrogens (tertiary/aromatic N) is 1. The minimum atomic E-state index is -0.374. The summed E-state index contributed by atoms with van der Waals surface area (Å²) in [6.07, 6.45) is 0.427. The van der Waals surface area contributed by atoms with Crippen molar-refractivity contribution in [3.63, 3.8) is 0 Å². The maximum absolute atomic E-state index is 13.2. The average molecular weight is 238 g/mol. The second-order valence-electron chi connectivity index (χ2n) is 4.01. The van der Waals surface area contributed by atoms with Gasteiger partial charge in [-0.3, -0.25) is 4.79 Å². The summed E-state index contributed by atoms with van der Waals surface area (Å²) in [4.78, 5) is 13.4. The Balaban J connectivity index is 2.33. The van der Waals surface area contributed by atoms with Gasteiger partial charge in [0.25, 0.3) is 0 Å². The zero-order valence-electron chi connectivity index (χ0n) is 9.87. The van der Waals surface area contributed by atoms with Gasteiger partial charge in [-0.2, -0.15) is 0 Å². The van der Waals surface area contributed by atoms with E-state index >= 15 is 0 Å². The molecule has 1 aromatic rings. The van der Waals surface area contributed by atoms with Crippen molar-refractivity contribution in [3.05, 3.63) is 24.0 Å². The van der Waals surface area contributed by atoms with Crippen molar-refractivity contribution < 1.29 is 13.9 Å². The molecular formula is C12H15FN2O2. The number of carbonyl (C=O) groups is 1. The van der Waals surface area contributed by atoms with Gasteiger partial charge in [-0.25, -0.2) is 4.39 Å². The molecule has 1 aliphatic heterocycles. The molecule has 92 valence electrons. The number of carbonyl (C=O) groups excluding carboxylic acids is 1. The third kappa shape index (κ3) is 2.24. The molecule has 0 aromatic heterocycles. The summed E-state index contributed by atoms with van der Waals surface area (Å²) in [5, 5.41) is 3.05. The van der Waals surface area contributed by atoms with Crippen LogP contribution in [0.3, 0.4) is 0 Å². The molecule has 5 heteroatoms. The highest BCUT2D eigenvalue weighted by Gasteiger charge is 2.31. The molecule has 4 nitrogen and oxygen atoms in total. The van der Waals surface area contributed by atoms with E-state index in [2.05, 4.69) is 5.32 Å². The zero-order valence-corrected chi connectivity index (χ0v) is 9.87. The first-order valence-corrected chi connectivity index (χ1v) is 5.47. The number of likely N-dealkylation sites (N-methyl/N-ethyl adjacent to an activating group) is 1. The van der Waals surface area contributed by atoms with E-state index in [1.807, 2.05) is 7.05 Å². The Hall–Kier alpha value is -1.62. The molecule has 1 amide bonds. The average Bonchev–Trinajstić information content (AvgIpc) is 2.70. The minimum Gasteiger partial charge on any atom is -0.495 e. The first-order valence-electron chi connectivity index (χ1n) is 5.47. The van der Waals surface area contributed by atoms with Gasteiger partial charge in [0.1, 0.15) is 11.6 Å². The van der Waals surface area contributed by atoms with Crippen LogP contribution in [0.15, 0.2) is 18.2 Å². The van der Waals surface area contributed by atoms with Crippen molar-refractivity contribution in [2.75, 3.05) is 25.6 Å². The Morgan fingerprint density at radius 2 is 2.29 bits per heavy atom. The molecule has 1 heterocycles. The van der Waals surface area contributed by atoms with Crippen LogP contribution in [0.4, 0.5) is 10.1 Å². The van der Waals surface area contributed by atoms with Crippen LogP contribution in [0.1, 0.15) is 6.42 Å². The van der Waals surface area contributed by atoms with Crippen LogP contribution in [0.5, 0.6) is 5.75 Å². The number of methoxy groups -OCH3 is 1. The predicted octanol–water partition coefficient (Wildman–Crippen LogP) is 1.16. The monoisotopic (exact) mass is 238 g/mol. The van der Waals surface area contributed by atoms with Crippen LogP contribution in [0.2, 0.25) is 0 Å². The largest absolute Gasteiger partial charge is 0.495 e. The number of amides is 1. The SMILES string of the molecule is CNC1CC(=O)N(c2cc(F)ccc2OC)C1. The molecular weight excluding hydrogens is 223 g/mol. The van der Waals surface area contributed by atoms with Crippen LogP contribution in [-0.4, -0.2) is 32.7 Å². The third-order valence-corrected chi connectivity index (χ3v) is 2.96. The Morgan fingerprint density at radius 3 is 2.88 bits per heavy atom. The summed E-state index contributed by atoms with van der Waals surface area (Å²) in [6.45, 7) is 0.537. The van der Waals surface area contributed by atoms with Crippen LogP contribution in [0, 0.1) is 5.82 Å². The second kappa shape index (κ2) is 4.71. The van der Waals surface area contributed by atoms with Crippen molar-refractivity contribution in [1.29, 1.82) is 0 Å². The van der Waals surface area contributed by atoms with Crippen molar-refractivity contribution in [2.24, 2.45) is 0 Å². The summed E-state index contributed by atoms with van der Waals surface area (Å²) in [5.41, 5.74) is 0.496. The van der Waals surface area contributed by atoms with Gasteiger partial charge in [0.2, 0.25) is 5.91 Å². The number of nitrogens with one attached hydrogen (secondary N) is 1.